The standard InChI is InChI=1S/C22H36O6/c1-20(2,3)13-22(14-21(22,4)5)19(26)28-12-11-27-18(25)16-10-8-6-7-9-15(16)17(23)24/h15-16H,6-14H2,1-5H3,(H,23,24). The zero-order chi connectivity index (χ0) is 21.2. The fourth-order valence-electron chi connectivity index (χ4n) is 4.75. The van der Waals surface area contributed by atoms with E-state index in [0.717, 1.165) is 32.1 Å². The van der Waals surface area contributed by atoms with E-state index in [2.05, 4.69) is 34.6 Å². The van der Waals surface area contributed by atoms with Gasteiger partial charge < -0.3 is 14.6 Å². The number of rotatable bonds is 7. The van der Waals surface area contributed by atoms with Crippen molar-refractivity contribution in [2.24, 2.45) is 28.1 Å². The number of aliphatic carboxylic acids is 1. The molecule has 1 N–H and O–H groups in total. The minimum Gasteiger partial charge on any atom is -0.481 e. The summed E-state index contributed by atoms with van der Waals surface area (Å²) in [6.45, 7) is 10.5. The van der Waals surface area contributed by atoms with Gasteiger partial charge in [-0.2, -0.15) is 0 Å². The van der Waals surface area contributed by atoms with Gasteiger partial charge in [-0.1, -0.05) is 53.9 Å². The Morgan fingerprint density at radius 2 is 1.50 bits per heavy atom. The van der Waals surface area contributed by atoms with E-state index in [0.29, 0.717) is 12.8 Å². The molecule has 2 saturated carbocycles. The quantitative estimate of drug-likeness (QED) is 0.394. The first-order valence-electron chi connectivity index (χ1n) is 10.5. The molecular weight excluding hydrogens is 360 g/mol. The van der Waals surface area contributed by atoms with Gasteiger partial charge in [-0.3, -0.25) is 14.4 Å². The van der Waals surface area contributed by atoms with Crippen molar-refractivity contribution >= 4 is 17.9 Å². The van der Waals surface area contributed by atoms with Gasteiger partial charge in [0.1, 0.15) is 13.2 Å². The van der Waals surface area contributed by atoms with Crippen molar-refractivity contribution in [2.75, 3.05) is 13.2 Å². The van der Waals surface area contributed by atoms with Crippen LogP contribution in [0.25, 0.3) is 0 Å². The average Bonchev–Trinajstić information content (AvgIpc) is 3.20. The minimum atomic E-state index is -0.935. The Morgan fingerprint density at radius 1 is 0.964 bits per heavy atom. The Balaban J connectivity index is 1.83. The predicted octanol–water partition coefficient (Wildman–Crippen LogP) is 4.21. The summed E-state index contributed by atoms with van der Waals surface area (Å²) in [6, 6.07) is 0. The topological polar surface area (TPSA) is 89.9 Å². The molecule has 0 bridgehead atoms. The van der Waals surface area contributed by atoms with E-state index in [1.807, 2.05) is 0 Å². The third-order valence-corrected chi connectivity index (χ3v) is 6.33. The van der Waals surface area contributed by atoms with E-state index in [1.54, 1.807) is 0 Å². The SMILES string of the molecule is CC(C)(C)CC1(C(=O)OCCOC(=O)C2CCCCCC2C(=O)O)CC1(C)C. The van der Waals surface area contributed by atoms with Crippen molar-refractivity contribution in [3.8, 4) is 0 Å². The van der Waals surface area contributed by atoms with Gasteiger partial charge in [0.25, 0.3) is 0 Å². The van der Waals surface area contributed by atoms with E-state index in [-0.39, 0.29) is 30.0 Å². The molecule has 2 rings (SSSR count). The van der Waals surface area contributed by atoms with Crippen molar-refractivity contribution in [1.82, 2.24) is 0 Å². The second kappa shape index (κ2) is 8.42. The van der Waals surface area contributed by atoms with Crippen LogP contribution in [0.3, 0.4) is 0 Å². The van der Waals surface area contributed by atoms with Gasteiger partial charge in [-0.25, -0.2) is 0 Å². The number of ether oxygens (including phenoxy) is 2. The van der Waals surface area contributed by atoms with Gasteiger partial charge >= 0.3 is 17.9 Å². The minimum absolute atomic E-state index is 0.0109. The van der Waals surface area contributed by atoms with Crippen LogP contribution in [0.15, 0.2) is 0 Å². The number of carbonyl (C=O) groups is 3. The smallest absolute Gasteiger partial charge is 0.312 e. The molecule has 0 aromatic carbocycles. The predicted molar refractivity (Wildman–Crippen MR) is 105 cm³/mol. The lowest BCUT2D eigenvalue weighted by Gasteiger charge is -2.27. The van der Waals surface area contributed by atoms with Gasteiger partial charge in [-0.15, -0.1) is 0 Å². The molecule has 0 amide bonds. The van der Waals surface area contributed by atoms with Crippen molar-refractivity contribution < 1.29 is 29.0 Å². The molecule has 6 heteroatoms. The summed E-state index contributed by atoms with van der Waals surface area (Å²) in [4.78, 5) is 36.6. The number of carbonyl (C=O) groups excluding carboxylic acids is 2. The number of carboxylic acid groups (broad SMARTS) is 1. The van der Waals surface area contributed by atoms with E-state index in [4.69, 9.17) is 9.47 Å². The summed E-state index contributed by atoms with van der Waals surface area (Å²) in [7, 11) is 0. The fourth-order valence-corrected chi connectivity index (χ4v) is 4.75. The van der Waals surface area contributed by atoms with Crippen LogP contribution in [0, 0.1) is 28.1 Å². The Kier molecular flexibility index (Phi) is 6.82. The molecule has 0 aliphatic heterocycles. The highest BCUT2D eigenvalue weighted by atomic mass is 16.6. The highest BCUT2D eigenvalue weighted by Gasteiger charge is 2.67. The van der Waals surface area contributed by atoms with Crippen LogP contribution in [0.4, 0.5) is 0 Å². The number of hydrogen-bond acceptors (Lipinski definition) is 5. The van der Waals surface area contributed by atoms with Crippen LogP contribution in [-0.4, -0.2) is 36.2 Å². The molecule has 28 heavy (non-hydrogen) atoms. The molecule has 160 valence electrons. The largest absolute Gasteiger partial charge is 0.481 e. The Hall–Kier alpha value is -1.59. The van der Waals surface area contributed by atoms with Crippen molar-refractivity contribution in [2.45, 2.75) is 79.6 Å². The highest BCUT2D eigenvalue weighted by Crippen LogP contribution is 2.68. The normalized spacial score (nSPS) is 29.5. The molecular formula is C22H36O6. The molecule has 6 nitrogen and oxygen atoms in total. The van der Waals surface area contributed by atoms with Crippen LogP contribution < -0.4 is 0 Å². The maximum Gasteiger partial charge on any atom is 0.312 e. The van der Waals surface area contributed by atoms with Gasteiger partial charge in [0, 0.05) is 0 Å². The lowest BCUT2D eigenvalue weighted by atomic mass is 9.79. The summed E-state index contributed by atoms with van der Waals surface area (Å²) in [6.07, 6.45) is 5.21. The third-order valence-electron chi connectivity index (χ3n) is 6.33. The summed E-state index contributed by atoms with van der Waals surface area (Å²) in [5.41, 5.74) is -0.529. The second-order valence-electron chi connectivity index (χ2n) is 10.4. The molecule has 2 aliphatic carbocycles. The van der Waals surface area contributed by atoms with Crippen molar-refractivity contribution in [3.05, 3.63) is 0 Å². The first-order chi connectivity index (χ1) is 12.9. The molecule has 3 unspecified atom stereocenters. The van der Waals surface area contributed by atoms with Crippen LogP contribution in [0.2, 0.25) is 0 Å². The van der Waals surface area contributed by atoms with E-state index < -0.39 is 29.2 Å². The Labute approximate surface area is 168 Å². The van der Waals surface area contributed by atoms with E-state index in [9.17, 15) is 19.5 Å². The van der Waals surface area contributed by atoms with Gasteiger partial charge in [0.15, 0.2) is 0 Å². The zero-order valence-corrected chi connectivity index (χ0v) is 18.0. The van der Waals surface area contributed by atoms with Crippen molar-refractivity contribution in [3.63, 3.8) is 0 Å². The molecule has 2 aliphatic rings. The fraction of sp³-hybridized carbons (Fsp3) is 0.864. The lowest BCUT2D eigenvalue weighted by molar-refractivity contribution is -0.163. The molecule has 0 aromatic heterocycles. The molecule has 3 atom stereocenters. The second-order valence-corrected chi connectivity index (χ2v) is 10.4. The number of hydrogen-bond donors (Lipinski definition) is 1. The molecule has 0 aromatic rings. The number of carboxylic acids is 1. The number of esters is 2. The maximum absolute atomic E-state index is 12.7. The molecule has 0 saturated heterocycles. The third kappa shape index (κ3) is 5.26. The van der Waals surface area contributed by atoms with Crippen LogP contribution >= 0.6 is 0 Å². The van der Waals surface area contributed by atoms with Gasteiger partial charge in [-0.05, 0) is 36.5 Å². The first-order valence-corrected chi connectivity index (χ1v) is 10.5. The van der Waals surface area contributed by atoms with Gasteiger partial charge in [0.05, 0.1) is 17.3 Å². The summed E-state index contributed by atoms with van der Waals surface area (Å²) >= 11 is 0. The lowest BCUT2D eigenvalue weighted by Crippen LogP contribution is -2.32. The summed E-state index contributed by atoms with van der Waals surface area (Å²) < 4.78 is 10.7. The highest BCUT2D eigenvalue weighted by molar-refractivity contribution is 5.82. The monoisotopic (exact) mass is 396 g/mol. The maximum atomic E-state index is 12.7. The Morgan fingerprint density at radius 3 is 2.00 bits per heavy atom. The van der Waals surface area contributed by atoms with Crippen LogP contribution in [0.1, 0.15) is 79.6 Å². The Bertz CT molecular complexity index is 603. The van der Waals surface area contributed by atoms with Crippen molar-refractivity contribution in [1.29, 1.82) is 0 Å². The van der Waals surface area contributed by atoms with Crippen LogP contribution in [-0.2, 0) is 23.9 Å². The van der Waals surface area contributed by atoms with E-state index >= 15 is 0 Å². The summed E-state index contributed by atoms with van der Waals surface area (Å²) in [5.74, 6) is -2.93. The average molecular weight is 397 g/mol. The molecule has 2 fully saturated rings. The first kappa shape index (κ1) is 22.7. The molecule has 0 heterocycles. The van der Waals surface area contributed by atoms with Crippen LogP contribution in [0.5, 0.6) is 0 Å². The molecule has 0 radical (unpaired) electrons. The zero-order valence-electron chi connectivity index (χ0n) is 18.0. The molecule has 0 spiro atoms. The van der Waals surface area contributed by atoms with Gasteiger partial charge in [0.2, 0.25) is 0 Å². The summed E-state index contributed by atoms with van der Waals surface area (Å²) in [5, 5.41) is 9.39. The van der Waals surface area contributed by atoms with E-state index in [1.165, 1.54) is 0 Å².